The van der Waals surface area contributed by atoms with Crippen LogP contribution in [0.1, 0.15) is 27.2 Å². The Morgan fingerprint density at radius 3 is 1.94 bits per heavy atom. The number of carbonyl (C=O) groups is 6. The van der Waals surface area contributed by atoms with E-state index < -0.39 is 98.4 Å². The molecule has 0 aliphatic carbocycles. The summed E-state index contributed by atoms with van der Waals surface area (Å²) in [5, 5.41) is 61.4. The molecule has 0 aromatic carbocycles. The summed E-state index contributed by atoms with van der Waals surface area (Å²) >= 11 is 0. The fraction of sp³-hybridized carbons (Fsp3) is 0.704. The number of hydrogen-bond acceptors (Lipinski definition) is 15. The lowest BCUT2D eigenvalue weighted by molar-refractivity contribution is -0.144. The van der Waals surface area contributed by atoms with E-state index in [2.05, 4.69) is 33.2 Å². The van der Waals surface area contributed by atoms with Crippen molar-refractivity contribution in [2.75, 3.05) is 65.4 Å². The Balaban J connectivity index is 5.12. The number of Topliss-reactive ketones (excluding diaryl/α,β-unsaturated/α-hetero) is 1. The first-order valence-electron chi connectivity index (χ1n) is 14.7. The summed E-state index contributed by atoms with van der Waals surface area (Å²) in [5.41, 5.74) is 9.71. The highest BCUT2D eigenvalue weighted by Gasteiger charge is 2.28. The molecule has 0 rings (SSSR count). The van der Waals surface area contributed by atoms with E-state index in [4.69, 9.17) is 11.5 Å². The van der Waals surface area contributed by atoms with Crippen LogP contribution in [0, 0.1) is 0 Å². The predicted molar refractivity (Wildman–Crippen MR) is 167 cm³/mol. The van der Waals surface area contributed by atoms with Gasteiger partial charge in [0.05, 0.1) is 45.3 Å². The molecule has 4 amide bonds. The summed E-state index contributed by atoms with van der Waals surface area (Å²) in [5.74, 6) is -4.56. The first-order chi connectivity index (χ1) is 21.8. The zero-order chi connectivity index (χ0) is 36.3. The monoisotopic (exact) mass is 677 g/mol. The van der Waals surface area contributed by atoms with Gasteiger partial charge in [-0.25, -0.2) is 0 Å². The number of carboxylic acids is 1. The Bertz CT molecular complexity index is 1070. The van der Waals surface area contributed by atoms with Crippen molar-refractivity contribution in [1.29, 1.82) is 0 Å². The third-order valence-electron chi connectivity index (χ3n) is 6.74. The van der Waals surface area contributed by atoms with E-state index in [-0.39, 0.29) is 39.1 Å². The number of hydrogen-bond donors (Lipinski definition) is 12. The SMILES string of the molecule is C=C(CN(CC(=O)O)C(=O)CNC(O)CNC(CC)C(=O)CN(CC(O)O)C(=O)CNC(=O)CN)C(C)(C)NCC(O)NCC(N)=O. The van der Waals surface area contributed by atoms with Crippen molar-refractivity contribution in [3.05, 3.63) is 12.2 Å². The number of aliphatic hydroxyl groups excluding tert-OH is 3. The van der Waals surface area contributed by atoms with Gasteiger partial charge in [0.2, 0.25) is 23.6 Å². The van der Waals surface area contributed by atoms with Crippen molar-refractivity contribution in [3.8, 4) is 0 Å². The fourth-order valence-electron chi connectivity index (χ4n) is 3.83. The maximum atomic E-state index is 12.9. The minimum Gasteiger partial charge on any atom is -0.480 e. The van der Waals surface area contributed by atoms with Crippen LogP contribution in [0.25, 0.3) is 0 Å². The van der Waals surface area contributed by atoms with Crippen molar-refractivity contribution >= 4 is 35.4 Å². The molecule has 47 heavy (non-hydrogen) atoms. The zero-order valence-corrected chi connectivity index (χ0v) is 27.0. The number of primary amides is 1. The van der Waals surface area contributed by atoms with Gasteiger partial charge in [0.1, 0.15) is 19.0 Å². The number of aliphatic hydroxyl groups is 4. The number of β-amino-alcohol motifs (C(OH)–C–C–N with tert-alkyl or cyclic N) is 1. The van der Waals surface area contributed by atoms with Crippen molar-refractivity contribution < 1.29 is 54.3 Å². The molecule has 20 heteroatoms. The highest BCUT2D eigenvalue weighted by atomic mass is 16.5. The largest absolute Gasteiger partial charge is 0.480 e. The van der Waals surface area contributed by atoms with Gasteiger partial charge in [-0.2, -0.15) is 0 Å². The van der Waals surface area contributed by atoms with Gasteiger partial charge < -0.3 is 62.8 Å². The van der Waals surface area contributed by atoms with Crippen molar-refractivity contribution in [2.45, 2.75) is 57.5 Å². The molecule has 0 spiro atoms. The molecular weight excluding hydrogens is 626 g/mol. The van der Waals surface area contributed by atoms with E-state index in [0.717, 1.165) is 9.80 Å². The predicted octanol–water partition coefficient (Wildman–Crippen LogP) is -6.72. The Kier molecular flexibility index (Phi) is 20.4. The molecule has 0 aliphatic rings. The van der Waals surface area contributed by atoms with Crippen LogP contribution in [-0.2, 0) is 28.8 Å². The summed E-state index contributed by atoms with van der Waals surface area (Å²) in [4.78, 5) is 73.7. The van der Waals surface area contributed by atoms with Gasteiger partial charge in [-0.1, -0.05) is 13.5 Å². The van der Waals surface area contributed by atoms with Gasteiger partial charge in [0.15, 0.2) is 12.1 Å². The molecule has 3 unspecified atom stereocenters. The van der Waals surface area contributed by atoms with Crippen LogP contribution in [0.4, 0.5) is 0 Å². The Hall–Kier alpha value is -3.60. The number of carboxylic acid groups (broad SMARTS) is 1. The number of amides is 4. The third kappa shape index (κ3) is 19.0. The molecule has 0 saturated heterocycles. The Labute approximate surface area is 272 Å². The zero-order valence-electron chi connectivity index (χ0n) is 27.0. The molecular formula is C27H51N9O11. The lowest BCUT2D eigenvalue weighted by Crippen LogP contribution is -2.53. The van der Waals surface area contributed by atoms with E-state index in [1.165, 1.54) is 0 Å². The van der Waals surface area contributed by atoms with Crippen molar-refractivity contribution in [3.63, 3.8) is 0 Å². The first-order valence-corrected chi connectivity index (χ1v) is 14.7. The molecule has 20 nitrogen and oxygen atoms in total. The van der Waals surface area contributed by atoms with Gasteiger partial charge in [0, 0.05) is 25.2 Å². The van der Waals surface area contributed by atoms with E-state index in [0.29, 0.717) is 5.57 Å². The molecule has 3 atom stereocenters. The lowest BCUT2D eigenvalue weighted by atomic mass is 9.94. The third-order valence-corrected chi connectivity index (χ3v) is 6.74. The second-order valence-corrected chi connectivity index (χ2v) is 11.1. The van der Waals surface area contributed by atoms with Crippen LogP contribution in [0.3, 0.4) is 0 Å². The summed E-state index contributed by atoms with van der Waals surface area (Å²) in [6.45, 7) is 5.08. The number of rotatable bonds is 26. The summed E-state index contributed by atoms with van der Waals surface area (Å²) in [6.07, 6.45) is -4.22. The molecule has 0 radical (unpaired) electrons. The average molecular weight is 678 g/mol. The van der Waals surface area contributed by atoms with Gasteiger partial charge in [0.25, 0.3) is 0 Å². The second-order valence-electron chi connectivity index (χ2n) is 11.1. The van der Waals surface area contributed by atoms with Crippen molar-refractivity contribution in [1.82, 2.24) is 36.4 Å². The van der Waals surface area contributed by atoms with Crippen LogP contribution < -0.4 is 38.1 Å². The van der Waals surface area contributed by atoms with E-state index in [1.54, 1.807) is 20.8 Å². The number of nitrogens with one attached hydrogen (secondary N) is 5. The summed E-state index contributed by atoms with van der Waals surface area (Å²) < 4.78 is 0. The fourth-order valence-corrected chi connectivity index (χ4v) is 3.83. The number of aliphatic carboxylic acids is 1. The molecule has 0 aromatic rings. The topological polar surface area (TPSA) is 322 Å². The molecule has 270 valence electrons. The molecule has 0 bridgehead atoms. The van der Waals surface area contributed by atoms with Crippen LogP contribution >= 0.6 is 0 Å². The van der Waals surface area contributed by atoms with E-state index >= 15 is 0 Å². The second kappa shape index (κ2) is 22.1. The van der Waals surface area contributed by atoms with Crippen LogP contribution in [0.2, 0.25) is 0 Å². The van der Waals surface area contributed by atoms with E-state index in [1.807, 2.05) is 0 Å². The lowest BCUT2D eigenvalue weighted by Gasteiger charge is -2.33. The van der Waals surface area contributed by atoms with Crippen molar-refractivity contribution in [2.24, 2.45) is 11.5 Å². The average Bonchev–Trinajstić information content (AvgIpc) is 2.99. The highest BCUT2D eigenvalue weighted by Crippen LogP contribution is 2.15. The van der Waals surface area contributed by atoms with Gasteiger partial charge >= 0.3 is 5.97 Å². The molecule has 14 N–H and O–H groups in total. The maximum Gasteiger partial charge on any atom is 0.323 e. The normalized spacial score (nSPS) is 13.4. The minimum absolute atomic E-state index is 0.0289. The smallest absolute Gasteiger partial charge is 0.323 e. The Morgan fingerprint density at radius 2 is 1.40 bits per heavy atom. The minimum atomic E-state index is -1.95. The summed E-state index contributed by atoms with van der Waals surface area (Å²) in [7, 11) is 0. The molecule has 0 saturated carbocycles. The van der Waals surface area contributed by atoms with Gasteiger partial charge in [-0.3, -0.25) is 39.4 Å². The summed E-state index contributed by atoms with van der Waals surface area (Å²) in [6, 6.07) is -0.891. The maximum absolute atomic E-state index is 12.9. The number of nitrogens with zero attached hydrogens (tertiary/aromatic N) is 2. The highest BCUT2D eigenvalue weighted by molar-refractivity contribution is 5.91. The van der Waals surface area contributed by atoms with Gasteiger partial charge in [-0.05, 0) is 25.8 Å². The van der Waals surface area contributed by atoms with Crippen LogP contribution in [-0.4, -0.2) is 166 Å². The number of carbonyl (C=O) groups excluding carboxylic acids is 5. The molecule has 0 aliphatic heterocycles. The molecule has 0 aromatic heterocycles. The standard InChI is InChI=1S/C27H51N9O11/c1-5-17(18(37)13-36(15-26(46)47)24(43)10-32-20(39)6-28)30-8-21(40)33-11-23(42)35(14-25(44)45)12-16(2)27(3,4)34-9-22(41)31-7-19(29)38/h17,21-22,26,30-31,33-34,40-41,46-47H,2,5-15,28H2,1,3-4H3,(H2,29,38)(H,32,39)(H,44,45). The van der Waals surface area contributed by atoms with E-state index in [9.17, 15) is 54.3 Å². The van der Waals surface area contributed by atoms with Crippen LogP contribution in [0.15, 0.2) is 12.2 Å². The number of nitrogens with two attached hydrogens (primary N) is 2. The van der Waals surface area contributed by atoms with Gasteiger partial charge in [-0.15, -0.1) is 0 Å². The molecule has 0 fully saturated rings. The Morgan fingerprint density at radius 1 is 0.830 bits per heavy atom. The molecule has 0 heterocycles. The quantitative estimate of drug-likeness (QED) is 0.0299. The number of ketones is 1. The first kappa shape index (κ1) is 43.4. The van der Waals surface area contributed by atoms with Crippen LogP contribution in [0.5, 0.6) is 0 Å².